The summed E-state index contributed by atoms with van der Waals surface area (Å²) < 4.78 is 1.49. The Hall–Kier alpha value is -1.78. The number of anilines is 1. The summed E-state index contributed by atoms with van der Waals surface area (Å²) in [6.07, 6.45) is 3.27. The fourth-order valence-electron chi connectivity index (χ4n) is 2.63. The van der Waals surface area contributed by atoms with E-state index in [2.05, 4.69) is 0 Å². The Morgan fingerprint density at radius 3 is 2.53 bits per heavy atom. The van der Waals surface area contributed by atoms with Crippen LogP contribution < -0.4 is 11.3 Å². The first-order valence-electron chi connectivity index (χ1n) is 6.79. The molecule has 0 bridgehead atoms. The average Bonchev–Trinajstić information content (AvgIpc) is 2.43. The lowest BCUT2D eigenvalue weighted by molar-refractivity contribution is -0.135. The molecular weight excluding hydrogens is 242 g/mol. The van der Waals surface area contributed by atoms with Gasteiger partial charge < -0.3 is 10.6 Å². The summed E-state index contributed by atoms with van der Waals surface area (Å²) in [6, 6.07) is 2.87. The lowest BCUT2D eigenvalue weighted by Gasteiger charge is -2.30. The fraction of sp³-hybridized carbons (Fsp3) is 0.571. The molecular formula is C14H21N3O2. The van der Waals surface area contributed by atoms with E-state index in [0.29, 0.717) is 0 Å². The highest BCUT2D eigenvalue weighted by Crippen LogP contribution is 2.16. The first-order valence-corrected chi connectivity index (χ1v) is 6.79. The molecule has 1 saturated heterocycles. The van der Waals surface area contributed by atoms with E-state index >= 15 is 0 Å². The molecule has 1 fully saturated rings. The van der Waals surface area contributed by atoms with Crippen molar-refractivity contribution < 1.29 is 4.79 Å². The van der Waals surface area contributed by atoms with Gasteiger partial charge in [-0.25, -0.2) is 0 Å². The summed E-state index contributed by atoms with van der Waals surface area (Å²) in [4.78, 5) is 26.4. The Morgan fingerprint density at radius 1 is 1.26 bits per heavy atom. The van der Waals surface area contributed by atoms with Crippen molar-refractivity contribution in [1.82, 2.24) is 9.47 Å². The van der Waals surface area contributed by atoms with Gasteiger partial charge in [0.1, 0.15) is 6.04 Å². The van der Waals surface area contributed by atoms with Crippen molar-refractivity contribution in [3.8, 4) is 0 Å². The molecule has 2 heterocycles. The number of piperidine rings is 1. The van der Waals surface area contributed by atoms with Gasteiger partial charge in [0, 0.05) is 18.8 Å². The minimum atomic E-state index is -0.492. The molecule has 0 radical (unpaired) electrons. The third-order valence-electron chi connectivity index (χ3n) is 3.76. The maximum absolute atomic E-state index is 12.4. The van der Waals surface area contributed by atoms with E-state index in [0.717, 1.165) is 31.6 Å². The zero-order valence-electron chi connectivity index (χ0n) is 11.6. The van der Waals surface area contributed by atoms with Crippen molar-refractivity contribution in [2.24, 2.45) is 0 Å². The second kappa shape index (κ2) is 5.47. The normalized spacial score (nSPS) is 17.3. The Labute approximate surface area is 113 Å². The molecule has 1 aliphatic heterocycles. The summed E-state index contributed by atoms with van der Waals surface area (Å²) in [7, 11) is 0. The van der Waals surface area contributed by atoms with Crippen LogP contribution in [0.25, 0.3) is 0 Å². The molecule has 19 heavy (non-hydrogen) atoms. The Balaban J connectivity index is 2.28. The maximum Gasteiger partial charge on any atom is 0.274 e. The number of nitrogens with two attached hydrogens (primary N) is 1. The van der Waals surface area contributed by atoms with Crippen LogP contribution in [-0.4, -0.2) is 28.5 Å². The number of nitrogens with zero attached hydrogens (tertiary/aromatic N) is 2. The quantitative estimate of drug-likeness (QED) is 0.874. The first kappa shape index (κ1) is 13.6. The lowest BCUT2D eigenvalue weighted by atomic mass is 10.1. The van der Waals surface area contributed by atoms with Crippen LogP contribution in [0.2, 0.25) is 0 Å². The minimum absolute atomic E-state index is 0.00972. The first-order chi connectivity index (χ1) is 9.02. The molecule has 0 spiro atoms. The highest BCUT2D eigenvalue weighted by molar-refractivity contribution is 5.80. The van der Waals surface area contributed by atoms with Crippen molar-refractivity contribution >= 4 is 11.6 Å². The summed E-state index contributed by atoms with van der Waals surface area (Å²) in [5, 5.41) is 0. The zero-order chi connectivity index (χ0) is 14.0. The number of hydrogen-bond acceptors (Lipinski definition) is 3. The monoisotopic (exact) mass is 263 g/mol. The second-order valence-corrected chi connectivity index (χ2v) is 5.17. The van der Waals surface area contributed by atoms with Crippen molar-refractivity contribution in [3.05, 3.63) is 28.2 Å². The van der Waals surface area contributed by atoms with Gasteiger partial charge in [0.2, 0.25) is 5.91 Å². The number of carbonyl (C=O) groups excluding carboxylic acids is 1. The number of amides is 1. The zero-order valence-corrected chi connectivity index (χ0v) is 11.6. The maximum atomic E-state index is 12.4. The molecule has 0 aliphatic carbocycles. The number of carbonyl (C=O) groups is 1. The lowest BCUT2D eigenvalue weighted by Crippen LogP contribution is -2.42. The van der Waals surface area contributed by atoms with E-state index in [9.17, 15) is 9.59 Å². The van der Waals surface area contributed by atoms with E-state index in [1.54, 1.807) is 19.1 Å². The smallest absolute Gasteiger partial charge is 0.274 e. The number of aromatic nitrogens is 1. The van der Waals surface area contributed by atoms with Crippen LogP contribution in [0, 0.1) is 6.92 Å². The van der Waals surface area contributed by atoms with Crippen molar-refractivity contribution in [1.29, 1.82) is 0 Å². The standard InChI is InChI=1S/C14H21N3O2/c1-10-6-7-12(15)14(19)17(10)11(2)13(18)16-8-4-3-5-9-16/h6-7,11H,3-5,8-9,15H2,1-2H3/t11-/m0/s1. The van der Waals surface area contributed by atoms with Crippen molar-refractivity contribution in [3.63, 3.8) is 0 Å². The van der Waals surface area contributed by atoms with Gasteiger partial charge in [0.15, 0.2) is 0 Å². The van der Waals surface area contributed by atoms with E-state index in [1.165, 1.54) is 11.0 Å². The molecule has 1 aromatic rings. The van der Waals surface area contributed by atoms with Gasteiger partial charge in [-0.2, -0.15) is 0 Å². The predicted octanol–water partition coefficient (Wildman–Crippen LogP) is 1.31. The van der Waals surface area contributed by atoms with Crippen LogP contribution in [0.5, 0.6) is 0 Å². The summed E-state index contributed by atoms with van der Waals surface area (Å²) in [5.74, 6) is 0.00972. The molecule has 2 rings (SSSR count). The van der Waals surface area contributed by atoms with Gasteiger partial charge in [0.25, 0.3) is 5.56 Å². The van der Waals surface area contributed by atoms with E-state index < -0.39 is 6.04 Å². The van der Waals surface area contributed by atoms with Crippen molar-refractivity contribution in [2.75, 3.05) is 18.8 Å². The van der Waals surface area contributed by atoms with Gasteiger partial charge in [0.05, 0.1) is 5.69 Å². The topological polar surface area (TPSA) is 68.3 Å². The van der Waals surface area contributed by atoms with E-state index in [1.807, 2.05) is 11.8 Å². The molecule has 0 saturated carbocycles. The molecule has 2 N–H and O–H groups in total. The van der Waals surface area contributed by atoms with Crippen LogP contribution >= 0.6 is 0 Å². The molecule has 5 nitrogen and oxygen atoms in total. The predicted molar refractivity (Wildman–Crippen MR) is 75.0 cm³/mol. The highest BCUT2D eigenvalue weighted by Gasteiger charge is 2.25. The van der Waals surface area contributed by atoms with Crippen LogP contribution in [0.3, 0.4) is 0 Å². The Kier molecular flexibility index (Phi) is 3.93. The van der Waals surface area contributed by atoms with Crippen LogP contribution in [0.15, 0.2) is 16.9 Å². The summed E-state index contributed by atoms with van der Waals surface area (Å²) in [5.41, 5.74) is 6.31. The summed E-state index contributed by atoms with van der Waals surface area (Å²) in [6.45, 7) is 5.17. The molecule has 1 aliphatic rings. The number of likely N-dealkylation sites (tertiary alicyclic amines) is 1. The number of hydrogen-bond donors (Lipinski definition) is 1. The average molecular weight is 263 g/mol. The molecule has 0 aromatic carbocycles. The molecule has 104 valence electrons. The third kappa shape index (κ3) is 2.64. The molecule has 1 amide bonds. The summed E-state index contributed by atoms with van der Waals surface area (Å²) >= 11 is 0. The van der Waals surface area contributed by atoms with Gasteiger partial charge in [-0.15, -0.1) is 0 Å². The highest BCUT2D eigenvalue weighted by atomic mass is 16.2. The van der Waals surface area contributed by atoms with Gasteiger partial charge in [-0.05, 0) is 45.2 Å². The van der Waals surface area contributed by atoms with E-state index in [-0.39, 0.29) is 17.2 Å². The molecule has 0 unspecified atom stereocenters. The molecule has 1 aromatic heterocycles. The van der Waals surface area contributed by atoms with Crippen LogP contribution in [0.1, 0.15) is 37.9 Å². The van der Waals surface area contributed by atoms with Gasteiger partial charge >= 0.3 is 0 Å². The number of nitrogen functional groups attached to an aromatic ring is 1. The third-order valence-corrected chi connectivity index (χ3v) is 3.76. The Morgan fingerprint density at radius 2 is 1.89 bits per heavy atom. The SMILES string of the molecule is Cc1ccc(N)c(=O)n1[C@@H](C)C(=O)N1CCCCC1. The van der Waals surface area contributed by atoms with Crippen molar-refractivity contribution in [2.45, 2.75) is 39.2 Å². The molecule has 5 heteroatoms. The van der Waals surface area contributed by atoms with Gasteiger partial charge in [-0.1, -0.05) is 0 Å². The second-order valence-electron chi connectivity index (χ2n) is 5.17. The van der Waals surface area contributed by atoms with Crippen LogP contribution in [-0.2, 0) is 4.79 Å². The largest absolute Gasteiger partial charge is 0.394 e. The fourth-order valence-corrected chi connectivity index (χ4v) is 2.63. The molecule has 1 atom stereocenters. The number of aryl methyl sites for hydroxylation is 1. The Bertz CT molecular complexity index is 530. The minimum Gasteiger partial charge on any atom is -0.394 e. The van der Waals surface area contributed by atoms with Gasteiger partial charge in [-0.3, -0.25) is 14.2 Å². The number of rotatable bonds is 2. The number of pyridine rings is 1. The van der Waals surface area contributed by atoms with E-state index in [4.69, 9.17) is 5.73 Å². The van der Waals surface area contributed by atoms with Crippen LogP contribution in [0.4, 0.5) is 5.69 Å².